The molecule has 1 aromatic carbocycles. The van der Waals surface area contributed by atoms with Crippen LogP contribution in [0.2, 0.25) is 0 Å². The largest absolute Gasteiger partial charge is 0.314 e. The SMILES string of the molecule is Cc1nc(S(=O)(=O)c2ccc(CN3C=CCn4ccnc43)cc2)cs1. The minimum atomic E-state index is -3.55. The molecule has 0 saturated carbocycles. The minimum Gasteiger partial charge on any atom is -0.314 e. The fraction of sp³-hybridized carbons (Fsp3) is 0.176. The summed E-state index contributed by atoms with van der Waals surface area (Å²) in [6, 6.07) is 6.95. The quantitative estimate of drug-likeness (QED) is 0.704. The Morgan fingerprint density at radius 2 is 2.04 bits per heavy atom. The van der Waals surface area contributed by atoms with E-state index in [9.17, 15) is 8.42 Å². The van der Waals surface area contributed by atoms with E-state index in [4.69, 9.17) is 0 Å². The number of fused-ring (bicyclic) bond motifs is 1. The van der Waals surface area contributed by atoms with Crippen LogP contribution in [0.3, 0.4) is 0 Å². The van der Waals surface area contributed by atoms with Crippen molar-refractivity contribution in [1.29, 1.82) is 0 Å². The van der Waals surface area contributed by atoms with Crippen LogP contribution in [0.1, 0.15) is 10.6 Å². The summed E-state index contributed by atoms with van der Waals surface area (Å²) in [5.41, 5.74) is 1.01. The van der Waals surface area contributed by atoms with E-state index in [2.05, 4.69) is 20.6 Å². The summed E-state index contributed by atoms with van der Waals surface area (Å²) in [7, 11) is -3.55. The topological polar surface area (TPSA) is 68.1 Å². The lowest BCUT2D eigenvalue weighted by Crippen LogP contribution is -2.22. The van der Waals surface area contributed by atoms with Gasteiger partial charge in [0.05, 0.1) is 16.4 Å². The van der Waals surface area contributed by atoms with E-state index >= 15 is 0 Å². The molecule has 4 rings (SSSR count). The number of aromatic nitrogens is 3. The first-order valence-corrected chi connectivity index (χ1v) is 10.1. The standard InChI is InChI=1S/C17H16N4O2S2/c1-13-19-16(12-24-13)25(22,23)15-5-3-14(4-6-15)11-21-9-2-8-20-10-7-18-17(20)21/h2-7,9-10,12H,8,11H2,1H3. The van der Waals surface area contributed by atoms with Gasteiger partial charge in [0.15, 0.2) is 5.03 Å². The lowest BCUT2D eigenvalue weighted by Gasteiger charge is -2.23. The maximum Gasteiger partial charge on any atom is 0.224 e. The third-order valence-corrected chi connectivity index (χ3v) is 6.57. The van der Waals surface area contributed by atoms with Gasteiger partial charge in [-0.15, -0.1) is 11.3 Å². The van der Waals surface area contributed by atoms with E-state index in [0.717, 1.165) is 23.1 Å². The molecule has 0 unspecified atom stereocenters. The van der Waals surface area contributed by atoms with Crippen molar-refractivity contribution in [3.63, 3.8) is 0 Å². The molecule has 0 amide bonds. The van der Waals surface area contributed by atoms with Crippen LogP contribution in [0.5, 0.6) is 0 Å². The van der Waals surface area contributed by atoms with Gasteiger partial charge in [0.2, 0.25) is 15.8 Å². The van der Waals surface area contributed by atoms with Crippen LogP contribution in [0.15, 0.2) is 64.2 Å². The van der Waals surface area contributed by atoms with Crippen molar-refractivity contribution in [2.24, 2.45) is 0 Å². The second kappa shape index (κ2) is 6.12. The predicted octanol–water partition coefficient (Wildman–Crippen LogP) is 3.01. The highest BCUT2D eigenvalue weighted by molar-refractivity contribution is 7.91. The molecule has 0 spiro atoms. The van der Waals surface area contributed by atoms with Gasteiger partial charge in [0.25, 0.3) is 0 Å². The van der Waals surface area contributed by atoms with Gasteiger partial charge in [-0.05, 0) is 30.7 Å². The number of thiazole rings is 1. The van der Waals surface area contributed by atoms with Crippen molar-refractivity contribution >= 4 is 27.1 Å². The Morgan fingerprint density at radius 1 is 1.24 bits per heavy atom. The number of sulfone groups is 1. The Morgan fingerprint density at radius 3 is 2.76 bits per heavy atom. The molecule has 0 atom stereocenters. The van der Waals surface area contributed by atoms with Crippen molar-refractivity contribution in [3.8, 4) is 0 Å². The first-order chi connectivity index (χ1) is 12.0. The highest BCUT2D eigenvalue weighted by Gasteiger charge is 2.21. The zero-order chi connectivity index (χ0) is 17.4. The average molecular weight is 372 g/mol. The van der Waals surface area contributed by atoms with Gasteiger partial charge in [-0.1, -0.05) is 12.1 Å². The number of allylic oxidation sites excluding steroid dienone is 1. The smallest absolute Gasteiger partial charge is 0.224 e. The molecule has 1 aliphatic heterocycles. The van der Waals surface area contributed by atoms with Crippen LogP contribution in [0.4, 0.5) is 5.95 Å². The maximum atomic E-state index is 12.6. The van der Waals surface area contributed by atoms with Crippen LogP contribution in [0.25, 0.3) is 0 Å². The molecule has 6 nitrogen and oxygen atoms in total. The van der Waals surface area contributed by atoms with Crippen molar-refractivity contribution in [3.05, 3.63) is 64.9 Å². The number of anilines is 1. The Kier molecular flexibility index (Phi) is 3.93. The number of hydrogen-bond acceptors (Lipinski definition) is 6. The summed E-state index contributed by atoms with van der Waals surface area (Å²) < 4.78 is 27.2. The van der Waals surface area contributed by atoms with Gasteiger partial charge < -0.3 is 9.47 Å². The first kappa shape index (κ1) is 16.0. The molecular weight excluding hydrogens is 356 g/mol. The van der Waals surface area contributed by atoms with Gasteiger partial charge in [-0.25, -0.2) is 18.4 Å². The van der Waals surface area contributed by atoms with Gasteiger partial charge in [-0.2, -0.15) is 0 Å². The van der Waals surface area contributed by atoms with Crippen molar-refractivity contribution in [2.45, 2.75) is 29.9 Å². The van der Waals surface area contributed by atoms with Gasteiger partial charge in [0.1, 0.15) is 0 Å². The summed E-state index contributed by atoms with van der Waals surface area (Å²) in [6.07, 6.45) is 7.79. The number of benzene rings is 1. The van der Waals surface area contributed by atoms with E-state index in [1.807, 2.05) is 29.4 Å². The molecule has 128 valence electrons. The highest BCUT2D eigenvalue weighted by Crippen LogP contribution is 2.24. The van der Waals surface area contributed by atoms with Crippen LogP contribution in [-0.2, 0) is 22.9 Å². The number of aryl methyl sites for hydroxylation is 1. The molecule has 3 aromatic rings. The van der Waals surface area contributed by atoms with Gasteiger partial charge in [-0.3, -0.25) is 0 Å². The molecule has 0 bridgehead atoms. The average Bonchev–Trinajstić information content (AvgIpc) is 3.25. The Balaban J connectivity index is 1.57. The van der Waals surface area contributed by atoms with E-state index in [-0.39, 0.29) is 9.92 Å². The van der Waals surface area contributed by atoms with E-state index in [1.165, 1.54) is 11.3 Å². The van der Waals surface area contributed by atoms with Crippen molar-refractivity contribution < 1.29 is 8.42 Å². The molecule has 2 aromatic heterocycles. The van der Waals surface area contributed by atoms with E-state index in [1.54, 1.807) is 30.6 Å². The van der Waals surface area contributed by atoms with Crippen molar-refractivity contribution in [1.82, 2.24) is 14.5 Å². The Hall–Kier alpha value is -2.45. The van der Waals surface area contributed by atoms with Crippen LogP contribution in [0, 0.1) is 6.92 Å². The maximum absolute atomic E-state index is 12.6. The fourth-order valence-electron chi connectivity index (χ4n) is 2.74. The van der Waals surface area contributed by atoms with Crippen molar-refractivity contribution in [2.75, 3.05) is 4.90 Å². The number of imidazole rings is 1. The molecule has 3 heterocycles. The highest BCUT2D eigenvalue weighted by atomic mass is 32.2. The lowest BCUT2D eigenvalue weighted by molar-refractivity contribution is 0.593. The minimum absolute atomic E-state index is 0.115. The molecule has 0 radical (unpaired) electrons. The van der Waals surface area contributed by atoms with Gasteiger partial charge >= 0.3 is 0 Å². The molecule has 8 heteroatoms. The summed E-state index contributed by atoms with van der Waals surface area (Å²) in [4.78, 5) is 10.8. The molecule has 0 fully saturated rings. The van der Waals surface area contributed by atoms with Crippen LogP contribution in [-0.4, -0.2) is 23.0 Å². The molecular formula is C17H16N4O2S2. The monoisotopic (exact) mass is 372 g/mol. The molecule has 0 N–H and O–H groups in total. The lowest BCUT2D eigenvalue weighted by atomic mass is 10.2. The summed E-state index contributed by atoms with van der Waals surface area (Å²) >= 11 is 1.33. The van der Waals surface area contributed by atoms with Crippen LogP contribution >= 0.6 is 11.3 Å². The molecule has 0 aliphatic carbocycles. The number of hydrogen-bond donors (Lipinski definition) is 0. The molecule has 0 saturated heterocycles. The molecule has 1 aliphatic rings. The number of nitrogens with zero attached hydrogens (tertiary/aromatic N) is 4. The molecule has 25 heavy (non-hydrogen) atoms. The first-order valence-electron chi connectivity index (χ1n) is 7.75. The normalized spacial score (nSPS) is 13.9. The summed E-state index contributed by atoms with van der Waals surface area (Å²) in [5.74, 6) is 0.886. The Bertz CT molecular complexity index is 1030. The predicted molar refractivity (Wildman–Crippen MR) is 96.3 cm³/mol. The van der Waals surface area contributed by atoms with E-state index < -0.39 is 9.84 Å². The Labute approximate surface area is 150 Å². The van der Waals surface area contributed by atoms with Crippen LogP contribution < -0.4 is 4.90 Å². The fourth-order valence-corrected chi connectivity index (χ4v) is 4.92. The third-order valence-electron chi connectivity index (χ3n) is 4.00. The summed E-state index contributed by atoms with van der Waals surface area (Å²) in [6.45, 7) is 3.24. The van der Waals surface area contributed by atoms with Gasteiger partial charge in [0, 0.05) is 30.5 Å². The number of rotatable bonds is 4. The second-order valence-corrected chi connectivity index (χ2v) is 8.70. The third kappa shape index (κ3) is 2.98. The summed E-state index contributed by atoms with van der Waals surface area (Å²) in [5, 5.41) is 2.43. The second-order valence-electron chi connectivity index (χ2n) is 5.74. The van der Waals surface area contributed by atoms with E-state index in [0.29, 0.717) is 6.54 Å². The zero-order valence-corrected chi connectivity index (χ0v) is 15.2. The zero-order valence-electron chi connectivity index (χ0n) is 13.5.